The van der Waals surface area contributed by atoms with E-state index in [2.05, 4.69) is 5.32 Å². The molecule has 0 atom stereocenters. The van der Waals surface area contributed by atoms with Crippen LogP contribution < -0.4 is 15.5 Å². The van der Waals surface area contributed by atoms with Crippen molar-refractivity contribution in [2.75, 3.05) is 11.9 Å². The fourth-order valence-corrected chi connectivity index (χ4v) is 3.03. The van der Waals surface area contributed by atoms with Crippen LogP contribution in [0.2, 0.25) is 0 Å². The maximum absolute atomic E-state index is 12.8. The van der Waals surface area contributed by atoms with E-state index in [0.717, 1.165) is 5.56 Å². The minimum atomic E-state index is -0.369. The van der Waals surface area contributed by atoms with Crippen molar-refractivity contribution >= 4 is 22.6 Å². The average Bonchev–Trinajstić information content (AvgIpc) is 2.78. The summed E-state index contributed by atoms with van der Waals surface area (Å²) >= 11 is 0. The highest BCUT2D eigenvalue weighted by Crippen LogP contribution is 2.23. The number of rotatable bonds is 5. The van der Waals surface area contributed by atoms with Gasteiger partial charge < -0.3 is 14.5 Å². The number of nitrogens with one attached hydrogen (secondary N) is 1. The molecule has 1 N–H and O–H groups in total. The first-order valence-corrected chi connectivity index (χ1v) is 9.18. The smallest absolute Gasteiger partial charge is 0.262 e. The Kier molecular flexibility index (Phi) is 5.27. The third-order valence-electron chi connectivity index (χ3n) is 4.48. The lowest BCUT2D eigenvalue weighted by Gasteiger charge is -2.09. The largest absolute Gasteiger partial charge is 0.484 e. The molecule has 4 aromatic rings. The molecule has 30 heavy (non-hydrogen) atoms. The number of nitriles is 1. The van der Waals surface area contributed by atoms with Crippen LogP contribution in [0, 0.1) is 11.3 Å². The number of ether oxygens (including phenoxy) is 1. The van der Waals surface area contributed by atoms with Crippen molar-refractivity contribution in [1.82, 2.24) is 0 Å². The predicted octanol–water partition coefficient (Wildman–Crippen LogP) is 4.35. The Balaban J connectivity index is 1.48. The Bertz CT molecular complexity index is 1320. The summed E-state index contributed by atoms with van der Waals surface area (Å²) in [4.78, 5) is 24.9. The van der Waals surface area contributed by atoms with Gasteiger partial charge in [-0.2, -0.15) is 5.26 Å². The summed E-state index contributed by atoms with van der Waals surface area (Å²) < 4.78 is 11.2. The average molecular weight is 396 g/mol. The molecule has 0 spiro atoms. The Labute approximate surface area is 172 Å². The molecule has 0 aliphatic carbocycles. The van der Waals surface area contributed by atoms with Crippen LogP contribution in [-0.4, -0.2) is 12.5 Å². The summed E-state index contributed by atoms with van der Waals surface area (Å²) in [6.07, 6.45) is 1.43. The van der Waals surface area contributed by atoms with Crippen molar-refractivity contribution in [3.8, 4) is 22.9 Å². The monoisotopic (exact) mass is 396 g/mol. The minimum Gasteiger partial charge on any atom is -0.484 e. The molecule has 1 aromatic heterocycles. The van der Waals surface area contributed by atoms with Crippen molar-refractivity contribution in [2.45, 2.75) is 0 Å². The second kappa shape index (κ2) is 8.33. The molecule has 0 aliphatic heterocycles. The van der Waals surface area contributed by atoms with Gasteiger partial charge >= 0.3 is 0 Å². The predicted molar refractivity (Wildman–Crippen MR) is 113 cm³/mol. The van der Waals surface area contributed by atoms with Gasteiger partial charge in [-0.3, -0.25) is 9.59 Å². The zero-order valence-electron chi connectivity index (χ0n) is 15.8. The van der Waals surface area contributed by atoms with E-state index in [-0.39, 0.29) is 17.9 Å². The molecule has 0 fully saturated rings. The van der Waals surface area contributed by atoms with E-state index >= 15 is 0 Å². The van der Waals surface area contributed by atoms with Gasteiger partial charge in [0.25, 0.3) is 5.91 Å². The van der Waals surface area contributed by atoms with Gasteiger partial charge in [0, 0.05) is 11.8 Å². The van der Waals surface area contributed by atoms with E-state index in [0.29, 0.717) is 33.5 Å². The topological polar surface area (TPSA) is 92.3 Å². The van der Waals surface area contributed by atoms with Crippen LogP contribution in [0.5, 0.6) is 5.75 Å². The Morgan fingerprint density at radius 2 is 1.87 bits per heavy atom. The van der Waals surface area contributed by atoms with Gasteiger partial charge in [-0.25, -0.2) is 0 Å². The maximum atomic E-state index is 12.8. The third kappa shape index (κ3) is 4.05. The number of hydrogen-bond acceptors (Lipinski definition) is 5. The summed E-state index contributed by atoms with van der Waals surface area (Å²) in [6, 6.07) is 22.7. The molecular weight excluding hydrogens is 380 g/mol. The van der Waals surface area contributed by atoms with Crippen molar-refractivity contribution in [3.05, 3.63) is 94.8 Å². The fourth-order valence-electron chi connectivity index (χ4n) is 3.03. The third-order valence-corrected chi connectivity index (χ3v) is 4.48. The van der Waals surface area contributed by atoms with Gasteiger partial charge in [-0.15, -0.1) is 0 Å². The zero-order chi connectivity index (χ0) is 20.9. The van der Waals surface area contributed by atoms with Crippen molar-refractivity contribution < 1.29 is 13.9 Å². The molecule has 1 heterocycles. The number of anilines is 1. The first kappa shape index (κ1) is 19.0. The van der Waals surface area contributed by atoms with Crippen LogP contribution in [0.15, 0.2) is 88.3 Å². The van der Waals surface area contributed by atoms with Crippen LogP contribution in [0.25, 0.3) is 22.1 Å². The highest BCUT2D eigenvalue weighted by Gasteiger charge is 2.11. The van der Waals surface area contributed by atoms with Gasteiger partial charge in [0.2, 0.25) is 0 Å². The van der Waals surface area contributed by atoms with E-state index in [1.165, 1.54) is 6.26 Å². The number of carbonyl (C=O) groups is 1. The minimum absolute atomic E-state index is 0.135. The van der Waals surface area contributed by atoms with Gasteiger partial charge in [-0.1, -0.05) is 36.4 Å². The molecule has 6 heteroatoms. The number of fused-ring (bicyclic) bond motifs is 1. The Hall–Kier alpha value is -4.37. The molecule has 3 aromatic carbocycles. The second-order valence-corrected chi connectivity index (χ2v) is 6.53. The van der Waals surface area contributed by atoms with Crippen LogP contribution in [0.4, 0.5) is 5.69 Å². The molecule has 0 bridgehead atoms. The van der Waals surface area contributed by atoms with Crippen LogP contribution in [-0.2, 0) is 4.79 Å². The summed E-state index contributed by atoms with van der Waals surface area (Å²) in [6.45, 7) is -0.228. The molecule has 1 amide bonds. The lowest BCUT2D eigenvalue weighted by molar-refractivity contribution is -0.118. The molecule has 0 saturated heterocycles. The normalized spacial score (nSPS) is 10.4. The molecular formula is C24H16N2O4. The number of benzene rings is 3. The summed E-state index contributed by atoms with van der Waals surface area (Å²) in [7, 11) is 0. The highest BCUT2D eigenvalue weighted by molar-refractivity contribution is 5.92. The summed E-state index contributed by atoms with van der Waals surface area (Å²) in [5.74, 6) is 0.0325. The zero-order valence-corrected chi connectivity index (χ0v) is 15.8. The standard InChI is InChI=1S/C24H16N2O4/c25-13-16-5-4-8-18(11-16)26-23(27)15-29-19-9-10-20-22(12-19)30-14-21(24(20)28)17-6-2-1-3-7-17/h1-12,14H,15H2,(H,26,27). The van der Waals surface area contributed by atoms with E-state index in [9.17, 15) is 9.59 Å². The number of amides is 1. The van der Waals surface area contributed by atoms with Crippen LogP contribution in [0.1, 0.15) is 5.56 Å². The molecule has 0 unspecified atom stereocenters. The highest BCUT2D eigenvalue weighted by atomic mass is 16.5. The van der Waals surface area contributed by atoms with E-state index in [1.54, 1.807) is 42.5 Å². The summed E-state index contributed by atoms with van der Waals surface area (Å²) in [5, 5.41) is 12.0. The Morgan fingerprint density at radius 3 is 2.67 bits per heavy atom. The number of hydrogen-bond donors (Lipinski definition) is 1. The van der Waals surface area contributed by atoms with Gasteiger partial charge in [0.05, 0.1) is 22.6 Å². The van der Waals surface area contributed by atoms with Crippen LogP contribution >= 0.6 is 0 Å². The first-order valence-electron chi connectivity index (χ1n) is 9.18. The first-order chi connectivity index (χ1) is 14.6. The van der Waals surface area contributed by atoms with Crippen molar-refractivity contribution in [3.63, 3.8) is 0 Å². The lowest BCUT2D eigenvalue weighted by Crippen LogP contribution is -2.20. The summed E-state index contributed by atoms with van der Waals surface area (Å²) in [5.41, 5.74) is 2.47. The van der Waals surface area contributed by atoms with E-state index in [4.69, 9.17) is 14.4 Å². The van der Waals surface area contributed by atoms with Gasteiger partial charge in [-0.05, 0) is 35.9 Å². The quantitative estimate of drug-likeness (QED) is 0.541. The van der Waals surface area contributed by atoms with Crippen molar-refractivity contribution in [2.24, 2.45) is 0 Å². The molecule has 0 saturated carbocycles. The number of carbonyl (C=O) groups excluding carboxylic acids is 1. The SMILES string of the molecule is N#Cc1cccc(NC(=O)COc2ccc3c(=O)c(-c4ccccc4)coc3c2)c1. The lowest BCUT2D eigenvalue weighted by atomic mass is 10.1. The Morgan fingerprint density at radius 1 is 1.03 bits per heavy atom. The molecule has 6 nitrogen and oxygen atoms in total. The fraction of sp³-hybridized carbons (Fsp3) is 0.0417. The van der Waals surface area contributed by atoms with E-state index < -0.39 is 0 Å². The molecule has 0 radical (unpaired) electrons. The van der Waals surface area contributed by atoms with Gasteiger partial charge in [0.1, 0.15) is 17.6 Å². The molecule has 0 aliphatic rings. The van der Waals surface area contributed by atoms with Crippen molar-refractivity contribution in [1.29, 1.82) is 5.26 Å². The van der Waals surface area contributed by atoms with Gasteiger partial charge in [0.15, 0.2) is 12.0 Å². The number of nitrogens with zero attached hydrogens (tertiary/aromatic N) is 1. The molecule has 4 rings (SSSR count). The van der Waals surface area contributed by atoms with E-state index in [1.807, 2.05) is 36.4 Å². The van der Waals surface area contributed by atoms with Crippen LogP contribution in [0.3, 0.4) is 0 Å². The molecule has 146 valence electrons. The second-order valence-electron chi connectivity index (χ2n) is 6.53. The maximum Gasteiger partial charge on any atom is 0.262 e.